The van der Waals surface area contributed by atoms with Crippen LogP contribution in [0.4, 0.5) is 0 Å². The summed E-state index contributed by atoms with van der Waals surface area (Å²) in [4.78, 5) is 0. The second-order valence-corrected chi connectivity index (χ2v) is 5.67. The Morgan fingerprint density at radius 3 is 2.30 bits per heavy atom. The number of rotatable bonds is 3. The zero-order chi connectivity index (χ0) is 13.8. The summed E-state index contributed by atoms with van der Waals surface area (Å²) in [6.07, 6.45) is 2.05. The predicted molar refractivity (Wildman–Crippen MR) is 80.8 cm³/mol. The maximum Gasteiger partial charge on any atom is 0.0275 e. The fourth-order valence-corrected chi connectivity index (χ4v) is 3.28. The number of benzene rings is 2. The molecule has 3 rings (SSSR count). The van der Waals surface area contributed by atoms with E-state index in [2.05, 4.69) is 60.7 Å². The van der Waals surface area contributed by atoms with E-state index in [1.807, 2.05) is 0 Å². The smallest absolute Gasteiger partial charge is 0.0275 e. The van der Waals surface area contributed by atoms with Gasteiger partial charge < -0.3 is 5.21 Å². The molecule has 2 unspecified atom stereocenters. The third-order valence-electron chi connectivity index (χ3n) is 4.28. The highest BCUT2D eigenvalue weighted by Gasteiger charge is 2.29. The SMILES string of the molecule is ON1CCC(c2ccccc2)C(Cc2ccccc2)C1. The molecule has 0 aromatic heterocycles. The maximum atomic E-state index is 9.86. The molecular formula is C18H21NO. The van der Waals surface area contributed by atoms with Crippen molar-refractivity contribution in [2.45, 2.75) is 18.8 Å². The molecule has 2 nitrogen and oxygen atoms in total. The zero-order valence-electron chi connectivity index (χ0n) is 11.7. The molecule has 1 fully saturated rings. The van der Waals surface area contributed by atoms with Crippen LogP contribution in [0.25, 0.3) is 0 Å². The number of hydrogen-bond donors (Lipinski definition) is 1. The molecule has 2 atom stereocenters. The van der Waals surface area contributed by atoms with Gasteiger partial charge in [0.1, 0.15) is 0 Å². The van der Waals surface area contributed by atoms with E-state index in [-0.39, 0.29) is 0 Å². The fraction of sp³-hybridized carbons (Fsp3) is 0.333. The minimum absolute atomic E-state index is 0.471. The van der Waals surface area contributed by atoms with E-state index in [1.165, 1.54) is 16.2 Å². The monoisotopic (exact) mass is 267 g/mol. The zero-order valence-corrected chi connectivity index (χ0v) is 11.7. The van der Waals surface area contributed by atoms with Gasteiger partial charge in [0, 0.05) is 13.1 Å². The van der Waals surface area contributed by atoms with Crippen LogP contribution in [0.15, 0.2) is 60.7 Å². The minimum atomic E-state index is 0.471. The largest absolute Gasteiger partial charge is 0.314 e. The standard InChI is InChI=1S/C18H21NO/c20-19-12-11-18(16-9-5-2-6-10-16)17(14-19)13-15-7-3-1-4-8-15/h1-10,17-18,20H,11-14H2. The highest BCUT2D eigenvalue weighted by Crippen LogP contribution is 2.34. The van der Waals surface area contributed by atoms with E-state index < -0.39 is 0 Å². The molecule has 2 aromatic rings. The van der Waals surface area contributed by atoms with Crippen molar-refractivity contribution in [1.82, 2.24) is 5.06 Å². The highest BCUT2D eigenvalue weighted by atomic mass is 16.5. The van der Waals surface area contributed by atoms with E-state index in [4.69, 9.17) is 0 Å². The second kappa shape index (κ2) is 6.21. The van der Waals surface area contributed by atoms with Gasteiger partial charge in [0.05, 0.1) is 0 Å². The van der Waals surface area contributed by atoms with Gasteiger partial charge in [0.2, 0.25) is 0 Å². The molecule has 0 saturated carbocycles. The van der Waals surface area contributed by atoms with Crippen molar-refractivity contribution in [2.24, 2.45) is 5.92 Å². The van der Waals surface area contributed by atoms with Gasteiger partial charge in [-0.1, -0.05) is 60.7 Å². The lowest BCUT2D eigenvalue weighted by molar-refractivity contribution is -0.121. The van der Waals surface area contributed by atoms with E-state index in [1.54, 1.807) is 0 Å². The van der Waals surface area contributed by atoms with Crippen molar-refractivity contribution in [3.8, 4) is 0 Å². The van der Waals surface area contributed by atoms with Gasteiger partial charge in [-0.2, -0.15) is 5.06 Å². The number of nitrogens with zero attached hydrogens (tertiary/aromatic N) is 1. The first-order valence-electron chi connectivity index (χ1n) is 7.35. The van der Waals surface area contributed by atoms with Gasteiger partial charge in [-0.05, 0) is 35.8 Å². The molecule has 1 saturated heterocycles. The minimum Gasteiger partial charge on any atom is -0.314 e. The van der Waals surface area contributed by atoms with E-state index >= 15 is 0 Å². The van der Waals surface area contributed by atoms with Crippen LogP contribution in [-0.2, 0) is 6.42 Å². The van der Waals surface area contributed by atoms with E-state index in [9.17, 15) is 5.21 Å². The van der Waals surface area contributed by atoms with Crippen molar-refractivity contribution in [3.05, 3.63) is 71.8 Å². The Hall–Kier alpha value is -1.64. The first-order valence-corrected chi connectivity index (χ1v) is 7.35. The molecule has 0 spiro atoms. The fourth-order valence-electron chi connectivity index (χ4n) is 3.28. The average Bonchev–Trinajstić information content (AvgIpc) is 2.49. The van der Waals surface area contributed by atoms with Crippen LogP contribution in [0.3, 0.4) is 0 Å². The molecule has 1 aliphatic rings. The van der Waals surface area contributed by atoms with Crippen LogP contribution in [-0.4, -0.2) is 23.4 Å². The average molecular weight is 267 g/mol. The van der Waals surface area contributed by atoms with Gasteiger partial charge in [0.25, 0.3) is 0 Å². The summed E-state index contributed by atoms with van der Waals surface area (Å²) in [5.74, 6) is 1.01. The molecule has 0 bridgehead atoms. The number of hydrogen-bond acceptors (Lipinski definition) is 2. The van der Waals surface area contributed by atoms with Crippen molar-refractivity contribution < 1.29 is 5.21 Å². The van der Waals surface area contributed by atoms with Gasteiger partial charge >= 0.3 is 0 Å². The Morgan fingerprint density at radius 1 is 0.950 bits per heavy atom. The molecule has 0 aliphatic carbocycles. The highest BCUT2D eigenvalue weighted by molar-refractivity contribution is 5.23. The van der Waals surface area contributed by atoms with Gasteiger partial charge in [-0.25, -0.2) is 0 Å². The molecular weight excluding hydrogens is 246 g/mol. The Morgan fingerprint density at radius 2 is 1.60 bits per heavy atom. The summed E-state index contributed by atoms with van der Waals surface area (Å²) in [7, 11) is 0. The van der Waals surface area contributed by atoms with Crippen LogP contribution in [0, 0.1) is 5.92 Å². The summed E-state index contributed by atoms with van der Waals surface area (Å²) in [6.45, 7) is 1.53. The Labute approximate surface area is 120 Å². The summed E-state index contributed by atoms with van der Waals surface area (Å²) in [5, 5.41) is 11.3. The summed E-state index contributed by atoms with van der Waals surface area (Å²) < 4.78 is 0. The van der Waals surface area contributed by atoms with Gasteiger partial charge in [-0.15, -0.1) is 0 Å². The molecule has 104 valence electrons. The molecule has 20 heavy (non-hydrogen) atoms. The third kappa shape index (κ3) is 3.09. The first-order chi connectivity index (χ1) is 9.83. The Kier molecular flexibility index (Phi) is 4.14. The quantitative estimate of drug-likeness (QED) is 0.916. The van der Waals surface area contributed by atoms with Crippen LogP contribution < -0.4 is 0 Å². The summed E-state index contributed by atoms with van der Waals surface area (Å²) in [6, 6.07) is 21.3. The van der Waals surface area contributed by atoms with Crippen LogP contribution in [0.1, 0.15) is 23.5 Å². The van der Waals surface area contributed by atoms with Gasteiger partial charge in [-0.3, -0.25) is 0 Å². The lowest BCUT2D eigenvalue weighted by atomic mass is 9.78. The first kappa shape index (κ1) is 13.3. The van der Waals surface area contributed by atoms with Crippen molar-refractivity contribution >= 4 is 0 Å². The Bertz CT molecular complexity index is 526. The molecule has 2 aromatic carbocycles. The molecule has 1 heterocycles. The van der Waals surface area contributed by atoms with E-state index in [0.717, 1.165) is 25.9 Å². The lowest BCUT2D eigenvalue weighted by Crippen LogP contribution is -2.38. The molecule has 0 radical (unpaired) electrons. The van der Waals surface area contributed by atoms with Crippen LogP contribution in [0.5, 0.6) is 0 Å². The Balaban J connectivity index is 1.80. The van der Waals surface area contributed by atoms with Crippen LogP contribution in [0.2, 0.25) is 0 Å². The molecule has 1 N–H and O–H groups in total. The molecule has 0 amide bonds. The van der Waals surface area contributed by atoms with Gasteiger partial charge in [0.15, 0.2) is 0 Å². The van der Waals surface area contributed by atoms with Crippen molar-refractivity contribution in [2.75, 3.05) is 13.1 Å². The van der Waals surface area contributed by atoms with Crippen molar-refractivity contribution in [1.29, 1.82) is 0 Å². The predicted octanol–water partition coefficient (Wildman–Crippen LogP) is 3.72. The normalized spacial score (nSPS) is 23.6. The topological polar surface area (TPSA) is 23.5 Å². The number of hydroxylamine groups is 2. The molecule has 2 heteroatoms. The maximum absolute atomic E-state index is 9.86. The third-order valence-corrected chi connectivity index (χ3v) is 4.28. The van der Waals surface area contributed by atoms with Crippen molar-refractivity contribution in [3.63, 3.8) is 0 Å². The second-order valence-electron chi connectivity index (χ2n) is 5.67. The molecule has 1 aliphatic heterocycles. The number of piperidine rings is 1. The van der Waals surface area contributed by atoms with Crippen LogP contribution >= 0.6 is 0 Å². The van der Waals surface area contributed by atoms with E-state index in [0.29, 0.717) is 11.8 Å². The lowest BCUT2D eigenvalue weighted by Gasteiger charge is -2.36. The summed E-state index contributed by atoms with van der Waals surface area (Å²) >= 11 is 0. The summed E-state index contributed by atoms with van der Waals surface area (Å²) in [5.41, 5.74) is 2.76.